The van der Waals surface area contributed by atoms with E-state index >= 15 is 0 Å². The van der Waals surface area contributed by atoms with Gasteiger partial charge in [0.15, 0.2) is 0 Å². The molecule has 1 fully saturated rings. The summed E-state index contributed by atoms with van der Waals surface area (Å²) in [6.07, 6.45) is 3.34. The van der Waals surface area contributed by atoms with Crippen molar-refractivity contribution in [2.45, 2.75) is 44.4 Å². The molecule has 2 atom stereocenters. The molecule has 5 nitrogen and oxygen atoms in total. The number of thiophene rings is 1. The molecule has 3 aliphatic rings. The van der Waals surface area contributed by atoms with Crippen LogP contribution in [0.4, 0.5) is 13.2 Å². The van der Waals surface area contributed by atoms with Gasteiger partial charge < -0.3 is 14.8 Å². The highest BCUT2D eigenvalue weighted by atomic mass is 35.5. The van der Waals surface area contributed by atoms with Gasteiger partial charge in [-0.3, -0.25) is 0 Å². The third kappa shape index (κ3) is 4.97. The molecule has 1 aliphatic carbocycles. The van der Waals surface area contributed by atoms with Crippen molar-refractivity contribution in [1.29, 1.82) is 0 Å². The van der Waals surface area contributed by atoms with Crippen LogP contribution in [0, 0.1) is 5.41 Å². The minimum absolute atomic E-state index is 0.0207. The molecule has 3 aromatic rings. The SMILES string of the molecule is FC(F)(F)[C@H](Oc1ncnc2c(C3=CCC4(CCNC4)CC3)csc12)c1ccc(Cl)cc1C1=CCCOC1. The van der Waals surface area contributed by atoms with Gasteiger partial charge in [0.05, 0.1) is 18.7 Å². The van der Waals surface area contributed by atoms with Gasteiger partial charge in [-0.25, -0.2) is 9.97 Å². The van der Waals surface area contributed by atoms with Gasteiger partial charge >= 0.3 is 6.18 Å². The second kappa shape index (κ2) is 10.3. The van der Waals surface area contributed by atoms with E-state index in [1.54, 1.807) is 6.07 Å². The number of hydrogen-bond donors (Lipinski definition) is 1. The van der Waals surface area contributed by atoms with Crippen molar-refractivity contribution in [3.63, 3.8) is 0 Å². The van der Waals surface area contributed by atoms with Crippen molar-refractivity contribution in [2.24, 2.45) is 5.41 Å². The van der Waals surface area contributed by atoms with Crippen molar-refractivity contribution in [1.82, 2.24) is 15.3 Å². The molecule has 1 aromatic carbocycles. The fourth-order valence-electron chi connectivity index (χ4n) is 5.71. The first-order valence-electron chi connectivity index (χ1n) is 12.8. The minimum Gasteiger partial charge on any atom is -0.459 e. The van der Waals surface area contributed by atoms with Gasteiger partial charge in [-0.15, -0.1) is 11.3 Å². The van der Waals surface area contributed by atoms with Crippen LogP contribution in [-0.4, -0.2) is 42.4 Å². The summed E-state index contributed by atoms with van der Waals surface area (Å²) in [7, 11) is 0. The van der Waals surface area contributed by atoms with E-state index in [-0.39, 0.29) is 18.1 Å². The number of benzene rings is 1. The van der Waals surface area contributed by atoms with E-state index in [0.29, 0.717) is 44.8 Å². The van der Waals surface area contributed by atoms with Crippen LogP contribution in [0.5, 0.6) is 5.88 Å². The van der Waals surface area contributed by atoms with E-state index in [1.807, 2.05) is 11.5 Å². The molecular formula is C28H27ClF3N3O2S. The predicted octanol–water partition coefficient (Wildman–Crippen LogP) is 7.38. The molecule has 1 saturated heterocycles. The first-order chi connectivity index (χ1) is 18.3. The maximum atomic E-state index is 14.5. The largest absolute Gasteiger partial charge is 0.459 e. The molecule has 10 heteroatoms. The van der Waals surface area contributed by atoms with Crippen LogP contribution in [0.25, 0.3) is 21.4 Å². The molecule has 1 N–H and O–H groups in total. The Labute approximate surface area is 227 Å². The Hall–Kier alpha value is -2.46. The maximum Gasteiger partial charge on any atom is 0.429 e. The summed E-state index contributed by atoms with van der Waals surface area (Å²) >= 11 is 7.51. The van der Waals surface area contributed by atoms with Gasteiger partial charge in [0, 0.05) is 28.1 Å². The normalized spacial score (nSPS) is 22.9. The summed E-state index contributed by atoms with van der Waals surface area (Å²) in [5, 5.41) is 5.78. The Morgan fingerprint density at radius 3 is 2.74 bits per heavy atom. The lowest BCUT2D eigenvalue weighted by atomic mass is 9.73. The van der Waals surface area contributed by atoms with Crippen molar-refractivity contribution in [3.05, 3.63) is 63.8 Å². The zero-order valence-electron chi connectivity index (χ0n) is 20.6. The molecule has 6 rings (SSSR count). The quantitative estimate of drug-likeness (QED) is 0.352. The van der Waals surface area contributed by atoms with Gasteiger partial charge in [-0.1, -0.05) is 29.8 Å². The van der Waals surface area contributed by atoms with Gasteiger partial charge in [0.1, 0.15) is 11.0 Å². The summed E-state index contributed by atoms with van der Waals surface area (Å²) in [5.74, 6) is -0.0729. The number of allylic oxidation sites excluding steroid dienone is 2. The minimum atomic E-state index is -4.69. The Bertz CT molecular complexity index is 1410. The fourth-order valence-corrected chi connectivity index (χ4v) is 6.86. The predicted molar refractivity (Wildman–Crippen MR) is 143 cm³/mol. The van der Waals surface area contributed by atoms with Gasteiger partial charge in [-0.05, 0) is 72.9 Å². The fraction of sp³-hybridized carbons (Fsp3) is 0.429. The summed E-state index contributed by atoms with van der Waals surface area (Å²) in [4.78, 5) is 8.60. The van der Waals surface area contributed by atoms with E-state index in [2.05, 4.69) is 21.4 Å². The molecule has 2 aliphatic heterocycles. The number of fused-ring (bicyclic) bond motifs is 1. The number of nitrogens with zero attached hydrogens (tertiary/aromatic N) is 2. The number of ether oxygens (including phenoxy) is 2. The van der Waals surface area contributed by atoms with E-state index in [4.69, 9.17) is 21.1 Å². The molecule has 0 saturated carbocycles. The summed E-state index contributed by atoms with van der Waals surface area (Å²) in [6, 6.07) is 4.37. The summed E-state index contributed by atoms with van der Waals surface area (Å²) < 4.78 is 55.3. The second-order valence-corrected chi connectivity index (χ2v) is 11.5. The van der Waals surface area contributed by atoms with Crippen LogP contribution in [0.2, 0.25) is 5.02 Å². The number of halogens is 4. The monoisotopic (exact) mass is 561 g/mol. The summed E-state index contributed by atoms with van der Waals surface area (Å²) in [6.45, 7) is 2.84. The highest BCUT2D eigenvalue weighted by Gasteiger charge is 2.45. The lowest BCUT2D eigenvalue weighted by Gasteiger charge is -2.31. The smallest absolute Gasteiger partial charge is 0.429 e. The van der Waals surface area contributed by atoms with Crippen molar-refractivity contribution < 1.29 is 22.6 Å². The van der Waals surface area contributed by atoms with Crippen molar-refractivity contribution in [2.75, 3.05) is 26.3 Å². The second-order valence-electron chi connectivity index (χ2n) is 10.2. The standard InChI is InChI=1S/C28H27ClF3N3O2S/c29-19-3-4-20(21(12-19)18-2-1-11-36-13-18)25(28(30,31)32)37-26-24-23(34-16-35-26)22(14-38-24)17-5-7-27(8-6-17)9-10-33-15-27/h2-5,12,14,16,25,33H,1,6-11,13,15H2/t25-,27?/m1/s1. The number of alkyl halides is 3. The molecule has 200 valence electrons. The zero-order valence-corrected chi connectivity index (χ0v) is 22.2. The van der Waals surface area contributed by atoms with Crippen LogP contribution in [0.1, 0.15) is 54.9 Å². The molecule has 2 aromatic heterocycles. The summed E-state index contributed by atoms with van der Waals surface area (Å²) in [5.41, 5.74) is 4.12. The van der Waals surface area contributed by atoms with Gasteiger partial charge in [-0.2, -0.15) is 13.2 Å². The lowest BCUT2D eigenvalue weighted by molar-refractivity contribution is -0.198. The van der Waals surface area contributed by atoms with Crippen LogP contribution in [0.3, 0.4) is 0 Å². The average Bonchev–Trinajstić information content (AvgIpc) is 3.56. The molecule has 38 heavy (non-hydrogen) atoms. The first kappa shape index (κ1) is 25.8. The van der Waals surface area contributed by atoms with E-state index in [9.17, 15) is 13.2 Å². The third-order valence-electron chi connectivity index (χ3n) is 7.79. The average molecular weight is 562 g/mol. The van der Waals surface area contributed by atoms with Gasteiger partial charge in [0.25, 0.3) is 0 Å². The van der Waals surface area contributed by atoms with E-state index in [0.717, 1.165) is 37.9 Å². The Balaban J connectivity index is 1.35. The number of rotatable bonds is 5. The van der Waals surface area contributed by atoms with Crippen LogP contribution < -0.4 is 10.1 Å². The maximum absolute atomic E-state index is 14.5. The van der Waals surface area contributed by atoms with Crippen molar-refractivity contribution >= 4 is 44.3 Å². The highest BCUT2D eigenvalue weighted by molar-refractivity contribution is 7.17. The molecule has 0 bridgehead atoms. The Morgan fingerprint density at radius 1 is 1.13 bits per heavy atom. The molecule has 0 radical (unpaired) electrons. The van der Waals surface area contributed by atoms with Gasteiger partial charge in [0.2, 0.25) is 12.0 Å². The first-order valence-corrected chi connectivity index (χ1v) is 14.0. The Kier molecular flexibility index (Phi) is 6.97. The topological polar surface area (TPSA) is 56.3 Å². The Morgan fingerprint density at radius 2 is 2.03 bits per heavy atom. The zero-order chi connectivity index (χ0) is 26.3. The van der Waals surface area contributed by atoms with Crippen LogP contribution in [-0.2, 0) is 4.74 Å². The lowest BCUT2D eigenvalue weighted by Crippen LogP contribution is -2.28. The molecule has 1 unspecified atom stereocenters. The van der Waals surface area contributed by atoms with Crippen LogP contribution >= 0.6 is 22.9 Å². The van der Waals surface area contributed by atoms with E-state index < -0.39 is 12.3 Å². The molecule has 4 heterocycles. The van der Waals surface area contributed by atoms with E-state index in [1.165, 1.54) is 41.8 Å². The third-order valence-corrected chi connectivity index (χ3v) is 8.98. The number of hydrogen-bond acceptors (Lipinski definition) is 6. The van der Waals surface area contributed by atoms with Crippen LogP contribution in [0.15, 0.2) is 42.1 Å². The molecule has 1 spiro atoms. The molecule has 0 amide bonds. The highest BCUT2D eigenvalue weighted by Crippen LogP contribution is 2.46. The number of aromatic nitrogens is 2. The number of nitrogens with one attached hydrogen (secondary N) is 1. The molecular weight excluding hydrogens is 535 g/mol. The van der Waals surface area contributed by atoms with Crippen molar-refractivity contribution in [3.8, 4) is 5.88 Å².